The molecule has 1 aliphatic rings. The predicted molar refractivity (Wildman–Crippen MR) is 89.3 cm³/mol. The van der Waals surface area contributed by atoms with E-state index in [0.29, 0.717) is 6.04 Å². The first-order valence-electron chi connectivity index (χ1n) is 8.35. The molecule has 2 heteroatoms. The van der Waals surface area contributed by atoms with Gasteiger partial charge in [-0.1, -0.05) is 51.0 Å². The summed E-state index contributed by atoms with van der Waals surface area (Å²) in [4.78, 5) is 4.49. The number of rotatable bonds is 4. The van der Waals surface area contributed by atoms with Crippen LogP contribution >= 0.6 is 0 Å². The third kappa shape index (κ3) is 3.11. The van der Waals surface area contributed by atoms with Crippen LogP contribution in [-0.4, -0.2) is 11.5 Å². The molecule has 1 aliphatic carbocycles. The van der Waals surface area contributed by atoms with Crippen LogP contribution in [0.15, 0.2) is 36.7 Å². The van der Waals surface area contributed by atoms with E-state index in [1.165, 1.54) is 42.0 Å². The summed E-state index contributed by atoms with van der Waals surface area (Å²) in [6, 6.07) is 9.08. The van der Waals surface area contributed by atoms with Gasteiger partial charge in [0.2, 0.25) is 0 Å². The molecule has 1 heterocycles. The quantitative estimate of drug-likeness (QED) is 0.878. The van der Waals surface area contributed by atoms with E-state index >= 15 is 0 Å². The van der Waals surface area contributed by atoms with E-state index in [-0.39, 0.29) is 0 Å². The first kappa shape index (κ1) is 14.5. The maximum Gasteiger partial charge on any atom is 0.0370 e. The Labute approximate surface area is 128 Å². The first-order chi connectivity index (χ1) is 10.3. The predicted octanol–water partition coefficient (Wildman–Crippen LogP) is 4.71. The van der Waals surface area contributed by atoms with E-state index in [0.717, 1.165) is 18.4 Å². The maximum absolute atomic E-state index is 4.49. The minimum Gasteiger partial charge on any atom is -0.310 e. The minimum atomic E-state index is 0.441. The minimum absolute atomic E-state index is 0.441. The van der Waals surface area contributed by atoms with E-state index < -0.39 is 0 Å². The standard InChI is InChI=1S/C19H26N2/c1-3-21-19(15-9-6-7-14(2)11-15)18-13-20-12-16-8-4-5-10-17(16)18/h4-5,8,10,12-15,19,21H,3,6-7,9,11H2,1-2H3. The van der Waals surface area contributed by atoms with Crippen LogP contribution in [0.1, 0.15) is 51.1 Å². The Kier molecular flexibility index (Phi) is 4.54. The number of hydrogen-bond acceptors (Lipinski definition) is 2. The van der Waals surface area contributed by atoms with Crippen molar-refractivity contribution in [3.63, 3.8) is 0 Å². The molecule has 112 valence electrons. The Morgan fingerprint density at radius 1 is 1.24 bits per heavy atom. The Balaban J connectivity index is 1.98. The largest absolute Gasteiger partial charge is 0.310 e. The summed E-state index contributed by atoms with van der Waals surface area (Å²) in [5.41, 5.74) is 1.38. The zero-order chi connectivity index (χ0) is 14.7. The van der Waals surface area contributed by atoms with Gasteiger partial charge in [0.1, 0.15) is 0 Å². The highest BCUT2D eigenvalue weighted by molar-refractivity contribution is 5.85. The number of hydrogen-bond donors (Lipinski definition) is 1. The van der Waals surface area contributed by atoms with Crippen LogP contribution in [0, 0.1) is 11.8 Å². The normalized spacial score (nSPS) is 24.1. The molecule has 2 aromatic rings. The molecule has 0 radical (unpaired) electrons. The van der Waals surface area contributed by atoms with Gasteiger partial charge in [-0.2, -0.15) is 0 Å². The molecule has 2 nitrogen and oxygen atoms in total. The molecule has 1 saturated carbocycles. The molecule has 3 rings (SSSR count). The van der Waals surface area contributed by atoms with Crippen LogP contribution in [0.2, 0.25) is 0 Å². The van der Waals surface area contributed by atoms with Crippen molar-refractivity contribution in [2.24, 2.45) is 11.8 Å². The monoisotopic (exact) mass is 282 g/mol. The van der Waals surface area contributed by atoms with E-state index in [4.69, 9.17) is 0 Å². The van der Waals surface area contributed by atoms with Crippen molar-refractivity contribution in [3.8, 4) is 0 Å². The highest BCUT2D eigenvalue weighted by Gasteiger charge is 2.28. The van der Waals surface area contributed by atoms with Crippen molar-refractivity contribution in [1.82, 2.24) is 10.3 Å². The van der Waals surface area contributed by atoms with Gasteiger partial charge >= 0.3 is 0 Å². The number of benzene rings is 1. The zero-order valence-electron chi connectivity index (χ0n) is 13.2. The molecule has 3 atom stereocenters. The van der Waals surface area contributed by atoms with E-state index in [9.17, 15) is 0 Å². The number of pyridine rings is 1. The maximum atomic E-state index is 4.49. The number of fused-ring (bicyclic) bond motifs is 1. The summed E-state index contributed by atoms with van der Waals surface area (Å²) in [5, 5.41) is 6.35. The Morgan fingerprint density at radius 3 is 2.90 bits per heavy atom. The van der Waals surface area contributed by atoms with Gasteiger partial charge in [0.25, 0.3) is 0 Å². The Bertz CT molecular complexity index is 588. The van der Waals surface area contributed by atoms with E-state index in [1.807, 2.05) is 6.20 Å². The fourth-order valence-electron chi connectivity index (χ4n) is 3.92. The SMILES string of the molecule is CCNC(c1cncc2ccccc12)C1CCCC(C)C1. The lowest BCUT2D eigenvalue weighted by Gasteiger charge is -2.34. The number of nitrogens with zero attached hydrogens (tertiary/aromatic N) is 1. The zero-order valence-corrected chi connectivity index (χ0v) is 13.2. The summed E-state index contributed by atoms with van der Waals surface area (Å²) in [5.74, 6) is 1.59. The topological polar surface area (TPSA) is 24.9 Å². The van der Waals surface area contributed by atoms with Crippen LogP contribution in [-0.2, 0) is 0 Å². The fourth-order valence-corrected chi connectivity index (χ4v) is 3.92. The second-order valence-corrected chi connectivity index (χ2v) is 6.52. The highest BCUT2D eigenvalue weighted by Crippen LogP contribution is 2.38. The van der Waals surface area contributed by atoms with Gasteiger partial charge < -0.3 is 5.32 Å². The third-order valence-corrected chi connectivity index (χ3v) is 4.91. The van der Waals surface area contributed by atoms with Crippen molar-refractivity contribution in [3.05, 3.63) is 42.2 Å². The van der Waals surface area contributed by atoms with E-state index in [2.05, 4.69) is 54.6 Å². The van der Waals surface area contributed by atoms with Crippen LogP contribution in [0.4, 0.5) is 0 Å². The van der Waals surface area contributed by atoms with Gasteiger partial charge in [0.05, 0.1) is 0 Å². The fraction of sp³-hybridized carbons (Fsp3) is 0.526. The summed E-state index contributed by atoms with van der Waals surface area (Å²) < 4.78 is 0. The van der Waals surface area contributed by atoms with Crippen molar-refractivity contribution < 1.29 is 0 Å². The molecule has 0 bridgehead atoms. The highest BCUT2D eigenvalue weighted by atomic mass is 14.9. The van der Waals surface area contributed by atoms with Gasteiger partial charge in [-0.25, -0.2) is 0 Å². The molecule has 1 aromatic carbocycles. The third-order valence-electron chi connectivity index (χ3n) is 4.91. The van der Waals surface area contributed by atoms with Crippen LogP contribution < -0.4 is 5.32 Å². The molecule has 0 aliphatic heterocycles. The lowest BCUT2D eigenvalue weighted by molar-refractivity contribution is 0.226. The lowest BCUT2D eigenvalue weighted by Crippen LogP contribution is -2.31. The van der Waals surface area contributed by atoms with Crippen molar-refractivity contribution in [2.45, 2.75) is 45.6 Å². The molecule has 1 N–H and O–H groups in total. The molecule has 1 aromatic heterocycles. The number of nitrogens with one attached hydrogen (secondary N) is 1. The number of aromatic nitrogens is 1. The van der Waals surface area contributed by atoms with Gasteiger partial charge in [-0.3, -0.25) is 4.98 Å². The molecular weight excluding hydrogens is 256 g/mol. The molecule has 1 fully saturated rings. The molecule has 0 saturated heterocycles. The van der Waals surface area contributed by atoms with Crippen LogP contribution in [0.3, 0.4) is 0 Å². The molecule has 3 unspecified atom stereocenters. The molecular formula is C19H26N2. The molecule has 21 heavy (non-hydrogen) atoms. The van der Waals surface area contributed by atoms with Crippen LogP contribution in [0.25, 0.3) is 10.8 Å². The van der Waals surface area contributed by atoms with Gasteiger partial charge in [-0.05, 0) is 42.2 Å². The van der Waals surface area contributed by atoms with Gasteiger partial charge in [-0.15, -0.1) is 0 Å². The summed E-state index contributed by atoms with van der Waals surface area (Å²) in [7, 11) is 0. The molecule has 0 amide bonds. The lowest BCUT2D eigenvalue weighted by atomic mass is 9.76. The Hall–Kier alpha value is -1.41. The summed E-state index contributed by atoms with van der Waals surface area (Å²) >= 11 is 0. The molecule has 0 spiro atoms. The van der Waals surface area contributed by atoms with Crippen molar-refractivity contribution in [2.75, 3.05) is 6.54 Å². The van der Waals surface area contributed by atoms with Crippen molar-refractivity contribution in [1.29, 1.82) is 0 Å². The average Bonchev–Trinajstić information content (AvgIpc) is 2.52. The summed E-state index contributed by atoms with van der Waals surface area (Å²) in [6.07, 6.45) is 9.49. The average molecular weight is 282 g/mol. The van der Waals surface area contributed by atoms with E-state index in [1.54, 1.807) is 0 Å². The smallest absolute Gasteiger partial charge is 0.0370 e. The van der Waals surface area contributed by atoms with Gasteiger partial charge in [0.15, 0.2) is 0 Å². The first-order valence-corrected chi connectivity index (χ1v) is 8.35. The van der Waals surface area contributed by atoms with Gasteiger partial charge in [0, 0.05) is 23.8 Å². The summed E-state index contributed by atoms with van der Waals surface area (Å²) in [6.45, 7) is 5.62. The van der Waals surface area contributed by atoms with Crippen LogP contribution in [0.5, 0.6) is 0 Å². The second-order valence-electron chi connectivity index (χ2n) is 6.52. The second kappa shape index (κ2) is 6.57. The van der Waals surface area contributed by atoms with Crippen molar-refractivity contribution >= 4 is 10.8 Å². The Morgan fingerprint density at radius 2 is 2.10 bits per heavy atom.